The van der Waals surface area contributed by atoms with Gasteiger partial charge in [0.25, 0.3) is 11.8 Å². The van der Waals surface area contributed by atoms with Crippen molar-refractivity contribution < 1.29 is 46.5 Å². The van der Waals surface area contributed by atoms with Gasteiger partial charge in [0.2, 0.25) is 5.91 Å². The number of nitrogens with one attached hydrogen (secondary N) is 1. The molecule has 3 unspecified atom stereocenters. The number of amides is 2. The molecule has 3 aliphatic carbocycles. The fourth-order valence-electron chi connectivity index (χ4n) is 10.3. The van der Waals surface area contributed by atoms with Crippen LogP contribution in [-0.4, -0.2) is 136 Å². The summed E-state index contributed by atoms with van der Waals surface area (Å²) in [6, 6.07) is 10.9. The van der Waals surface area contributed by atoms with E-state index < -0.39 is 52.0 Å². The van der Waals surface area contributed by atoms with E-state index in [-0.39, 0.29) is 49.2 Å². The van der Waals surface area contributed by atoms with E-state index in [1.165, 1.54) is 18.0 Å². The molecule has 3 N–H and O–H groups in total. The molecule has 2 bridgehead atoms. The van der Waals surface area contributed by atoms with Crippen molar-refractivity contribution in [2.45, 2.75) is 68.0 Å². The minimum atomic E-state index is -4.51. The number of alkyl halides is 2. The number of anilines is 1. The maximum absolute atomic E-state index is 14.1. The summed E-state index contributed by atoms with van der Waals surface area (Å²) in [7, 11) is -1.77. The Kier molecular flexibility index (Phi) is 11.3. The molecule has 13 nitrogen and oxygen atoms in total. The van der Waals surface area contributed by atoms with Gasteiger partial charge >= 0.3 is 10.2 Å². The number of likely N-dealkylation sites (tertiary alicyclic amines) is 1. The highest BCUT2D eigenvalue weighted by Crippen LogP contribution is 2.73. The van der Waals surface area contributed by atoms with Gasteiger partial charge in [0.15, 0.2) is 5.60 Å². The second kappa shape index (κ2) is 15.8. The van der Waals surface area contributed by atoms with Gasteiger partial charge in [0, 0.05) is 57.3 Å². The number of ether oxygens (including phenoxy) is 2. The van der Waals surface area contributed by atoms with Crippen molar-refractivity contribution in [1.82, 2.24) is 18.8 Å². The minimum Gasteiger partial charge on any atom is -0.490 e. The van der Waals surface area contributed by atoms with Crippen molar-refractivity contribution >= 4 is 39.3 Å². The third-order valence-corrected chi connectivity index (χ3v) is 15.5. The first-order valence-corrected chi connectivity index (χ1v) is 22.3. The number of benzene rings is 2. The van der Waals surface area contributed by atoms with E-state index in [1.807, 2.05) is 29.0 Å². The van der Waals surface area contributed by atoms with E-state index in [2.05, 4.69) is 11.0 Å². The SMILES string of the molecule is CN1CC/C=C/C(OCCN2CC(F)(F)C2)[C@@H]2CC3CC32CN2C[C@@]3(CCCc4cc(Cl)ccc43)COc3ccc(cc32)[C@@](O)(C(=O)NS(=O)(=O)N(C)CCO)CC1=O. The molecule has 2 aromatic carbocycles. The molecule has 0 aromatic heterocycles. The van der Waals surface area contributed by atoms with Gasteiger partial charge < -0.3 is 29.5 Å². The van der Waals surface area contributed by atoms with E-state index in [0.717, 1.165) is 47.5 Å². The van der Waals surface area contributed by atoms with E-state index in [4.69, 9.17) is 21.1 Å². The minimum absolute atomic E-state index is 0.0238. The molecule has 1 saturated heterocycles. The molecular formula is C42H54ClF2N5O8S. The normalized spacial score (nSPS) is 32.1. The second-order valence-corrected chi connectivity index (χ2v) is 19.9. The van der Waals surface area contributed by atoms with Crippen LogP contribution in [0.15, 0.2) is 48.6 Å². The number of carbonyl (C=O) groups is 2. The summed E-state index contributed by atoms with van der Waals surface area (Å²) in [6.45, 7) is 1.11. The van der Waals surface area contributed by atoms with Crippen LogP contribution in [-0.2, 0) is 42.0 Å². The fraction of sp³-hybridized carbons (Fsp3) is 0.619. The van der Waals surface area contributed by atoms with Gasteiger partial charge in [-0.1, -0.05) is 35.9 Å². The number of fused-ring (bicyclic) bond motifs is 3. The van der Waals surface area contributed by atoms with Crippen LogP contribution in [0, 0.1) is 17.3 Å². The van der Waals surface area contributed by atoms with Crippen LogP contribution in [0.5, 0.6) is 5.75 Å². The molecule has 2 saturated carbocycles. The number of nitrogens with zero attached hydrogens (tertiary/aromatic N) is 4. The average molecular weight is 862 g/mol. The number of likely N-dealkylation sites (N-methyl/N-ethyl adjacent to an activating group) is 1. The fourth-order valence-corrected chi connectivity index (χ4v) is 11.3. The first-order chi connectivity index (χ1) is 28.0. The molecule has 2 spiro atoms. The Morgan fingerprint density at radius 1 is 1.15 bits per heavy atom. The zero-order chi connectivity index (χ0) is 42.0. The van der Waals surface area contributed by atoms with Gasteiger partial charge in [-0.2, -0.15) is 12.7 Å². The highest BCUT2D eigenvalue weighted by Gasteiger charge is 2.70. The Morgan fingerprint density at radius 3 is 2.68 bits per heavy atom. The maximum atomic E-state index is 14.1. The largest absolute Gasteiger partial charge is 0.490 e. The second-order valence-electron chi connectivity index (χ2n) is 17.7. The number of hydrogen-bond acceptors (Lipinski definition) is 10. The van der Waals surface area contributed by atoms with Crippen molar-refractivity contribution in [3.8, 4) is 5.75 Å². The molecule has 6 atom stereocenters. The molecule has 2 aromatic rings. The van der Waals surface area contributed by atoms with Gasteiger partial charge in [-0.05, 0) is 96.7 Å². The Hall–Kier alpha value is -3.38. The van der Waals surface area contributed by atoms with Crippen molar-refractivity contribution in [3.63, 3.8) is 0 Å². The Balaban J connectivity index is 1.19. The molecule has 0 radical (unpaired) electrons. The average Bonchev–Trinajstić information content (AvgIpc) is 3.78. The van der Waals surface area contributed by atoms with E-state index in [0.29, 0.717) is 61.6 Å². The molecule has 17 heteroatoms. The lowest BCUT2D eigenvalue weighted by Crippen LogP contribution is -2.57. The number of halogens is 3. The third-order valence-electron chi connectivity index (χ3n) is 13.8. The monoisotopic (exact) mass is 861 g/mol. The Bertz CT molecular complexity index is 2110. The predicted octanol–water partition coefficient (Wildman–Crippen LogP) is 3.46. The number of carbonyl (C=O) groups excluding carboxylic acids is 2. The summed E-state index contributed by atoms with van der Waals surface area (Å²) < 4.78 is 69.6. The summed E-state index contributed by atoms with van der Waals surface area (Å²) >= 11 is 6.49. The first kappa shape index (κ1) is 42.3. The topological polar surface area (TPSA) is 152 Å². The molecule has 3 heterocycles. The lowest BCUT2D eigenvalue weighted by molar-refractivity contribution is -0.148. The highest BCUT2D eigenvalue weighted by molar-refractivity contribution is 7.87. The highest BCUT2D eigenvalue weighted by atomic mass is 35.5. The van der Waals surface area contributed by atoms with Gasteiger partial charge in [-0.3, -0.25) is 14.5 Å². The molecule has 59 heavy (non-hydrogen) atoms. The van der Waals surface area contributed by atoms with Crippen LogP contribution in [0.25, 0.3) is 0 Å². The van der Waals surface area contributed by atoms with E-state index in [1.54, 1.807) is 24.1 Å². The van der Waals surface area contributed by atoms with Crippen LogP contribution in [0.1, 0.15) is 55.2 Å². The molecule has 3 fully saturated rings. The standard InChI is InChI=1S/C42H54ClF2N5O8S/c1-47-13-4-3-7-35(57-17-15-49-25-41(44,45)26-49)33-19-30-21-40(30,33)24-50-23-39(12-5-6-28-18-31(43)9-10-32(28)39)27-58-36-11-8-29(20-34(36)50)42(54,22-37(47)52)38(53)46-59(55,56)48(2)14-16-51/h3,7-11,18,20,30,33,35,51,54H,4-6,12-17,19,21-27H2,1-2H3,(H,46,53)/b7-3+/t30?,33-,35?,39-,40?,42+/m0/s1. The Labute approximate surface area is 349 Å². The van der Waals surface area contributed by atoms with Crippen molar-refractivity contribution in [1.29, 1.82) is 0 Å². The van der Waals surface area contributed by atoms with Gasteiger partial charge in [0.1, 0.15) is 5.75 Å². The van der Waals surface area contributed by atoms with Crippen molar-refractivity contribution in [2.75, 3.05) is 84.6 Å². The molecule has 8 rings (SSSR count). The number of aliphatic hydroxyl groups excluding tert-OH is 1. The van der Waals surface area contributed by atoms with Gasteiger partial charge in [-0.15, -0.1) is 0 Å². The van der Waals surface area contributed by atoms with Crippen LogP contribution in [0.2, 0.25) is 5.02 Å². The molecule has 3 aliphatic heterocycles. The van der Waals surface area contributed by atoms with Crippen molar-refractivity contribution in [3.05, 3.63) is 70.3 Å². The smallest absolute Gasteiger partial charge is 0.303 e. The number of aryl methyl sites for hydroxylation is 1. The molecule has 6 aliphatic rings. The van der Waals surface area contributed by atoms with E-state index in [9.17, 15) is 37.0 Å². The van der Waals surface area contributed by atoms with Crippen LogP contribution >= 0.6 is 11.6 Å². The quantitative estimate of drug-likeness (QED) is 0.320. The molecular weight excluding hydrogens is 808 g/mol. The van der Waals surface area contributed by atoms with Gasteiger partial charge in [0.05, 0.1) is 51.1 Å². The van der Waals surface area contributed by atoms with Crippen LogP contribution in [0.4, 0.5) is 14.5 Å². The predicted molar refractivity (Wildman–Crippen MR) is 217 cm³/mol. The summed E-state index contributed by atoms with van der Waals surface area (Å²) in [6.07, 6.45) is 7.95. The van der Waals surface area contributed by atoms with Gasteiger partial charge in [-0.25, -0.2) is 13.5 Å². The van der Waals surface area contributed by atoms with E-state index >= 15 is 0 Å². The summed E-state index contributed by atoms with van der Waals surface area (Å²) in [5.74, 6) is -3.46. The number of aliphatic hydroxyl groups is 2. The maximum Gasteiger partial charge on any atom is 0.303 e. The molecule has 322 valence electrons. The number of rotatable bonds is 9. The lowest BCUT2D eigenvalue weighted by atomic mass is 9.68. The first-order valence-electron chi connectivity index (χ1n) is 20.5. The Morgan fingerprint density at radius 2 is 1.95 bits per heavy atom. The van der Waals surface area contributed by atoms with Crippen LogP contribution in [0.3, 0.4) is 0 Å². The zero-order valence-electron chi connectivity index (χ0n) is 33.5. The summed E-state index contributed by atoms with van der Waals surface area (Å²) in [4.78, 5) is 33.4. The number of hydrogen-bond donors (Lipinski definition) is 3. The molecule has 2 amide bonds. The summed E-state index contributed by atoms with van der Waals surface area (Å²) in [5.41, 5.74) is -0.248. The van der Waals surface area contributed by atoms with Crippen molar-refractivity contribution in [2.24, 2.45) is 17.3 Å². The van der Waals surface area contributed by atoms with Crippen LogP contribution < -0.4 is 14.4 Å². The third kappa shape index (κ3) is 8.10. The summed E-state index contributed by atoms with van der Waals surface area (Å²) in [5, 5.41) is 22.5. The zero-order valence-corrected chi connectivity index (χ0v) is 35.1. The lowest BCUT2D eigenvalue weighted by Gasteiger charge is -2.46.